The lowest BCUT2D eigenvalue weighted by Gasteiger charge is -2.34. The maximum Gasteiger partial charge on any atom is 0.246 e. The van der Waals surface area contributed by atoms with E-state index in [0.29, 0.717) is 19.0 Å². The normalized spacial score (nSPS) is 18.6. The Hall–Kier alpha value is -1.18. The van der Waals surface area contributed by atoms with E-state index < -0.39 is 10.0 Å². The van der Waals surface area contributed by atoms with Crippen LogP contribution in [0.1, 0.15) is 13.8 Å². The zero-order chi connectivity index (χ0) is 14.8. The van der Waals surface area contributed by atoms with Crippen molar-refractivity contribution in [2.45, 2.75) is 18.7 Å². The van der Waals surface area contributed by atoms with Gasteiger partial charge in [-0.2, -0.15) is 4.31 Å². The molecule has 0 aliphatic carbocycles. The molecule has 1 aliphatic heterocycles. The molecule has 1 aromatic rings. The lowest BCUT2D eigenvalue weighted by molar-refractivity contribution is 0.172. The molecular weight excluding hydrogens is 276 g/mol. The van der Waals surface area contributed by atoms with Crippen molar-refractivity contribution in [1.29, 1.82) is 0 Å². The summed E-state index contributed by atoms with van der Waals surface area (Å²) in [6.07, 6.45) is 1.49. The van der Waals surface area contributed by atoms with Crippen molar-refractivity contribution >= 4 is 15.8 Å². The third-order valence-corrected chi connectivity index (χ3v) is 5.32. The van der Waals surface area contributed by atoms with Gasteiger partial charge in [0.25, 0.3) is 0 Å². The fourth-order valence-electron chi connectivity index (χ4n) is 2.43. The van der Waals surface area contributed by atoms with Crippen LogP contribution in [-0.2, 0) is 10.0 Å². The predicted octanol–water partition coefficient (Wildman–Crippen LogP) is 0.626. The van der Waals surface area contributed by atoms with E-state index in [-0.39, 0.29) is 10.7 Å². The topological polar surface area (TPSA) is 79.5 Å². The zero-order valence-corrected chi connectivity index (χ0v) is 12.8. The van der Waals surface area contributed by atoms with Gasteiger partial charge in [0.15, 0.2) is 0 Å². The fourth-order valence-corrected chi connectivity index (χ4v) is 3.92. The molecule has 2 N–H and O–H groups in total. The largest absolute Gasteiger partial charge is 0.383 e. The second-order valence-corrected chi connectivity index (χ2v) is 7.39. The van der Waals surface area contributed by atoms with Gasteiger partial charge < -0.3 is 10.6 Å². The average Bonchev–Trinajstić information content (AvgIpc) is 2.39. The molecule has 0 radical (unpaired) electrons. The van der Waals surface area contributed by atoms with Gasteiger partial charge in [-0.15, -0.1) is 0 Å². The van der Waals surface area contributed by atoms with Crippen LogP contribution in [0.15, 0.2) is 23.2 Å². The third-order valence-electron chi connectivity index (χ3n) is 3.37. The van der Waals surface area contributed by atoms with Crippen molar-refractivity contribution in [3.05, 3.63) is 18.3 Å². The summed E-state index contributed by atoms with van der Waals surface area (Å²) in [7, 11) is -3.53. The van der Waals surface area contributed by atoms with E-state index in [4.69, 9.17) is 5.73 Å². The van der Waals surface area contributed by atoms with Crippen molar-refractivity contribution in [3.8, 4) is 0 Å². The standard InChI is InChI=1S/C13H22N4O2S/c1-11(2)10-16-6-8-17(9-7-16)20(18,19)12-4-3-5-15-13(12)14/h3-5,11H,6-10H2,1-2H3,(H2,14,15). The quantitative estimate of drug-likeness (QED) is 0.882. The van der Waals surface area contributed by atoms with E-state index in [2.05, 4.69) is 23.7 Å². The minimum Gasteiger partial charge on any atom is -0.383 e. The van der Waals surface area contributed by atoms with Crippen molar-refractivity contribution in [2.24, 2.45) is 5.92 Å². The predicted molar refractivity (Wildman–Crippen MR) is 78.7 cm³/mol. The highest BCUT2D eigenvalue weighted by atomic mass is 32.2. The van der Waals surface area contributed by atoms with E-state index in [9.17, 15) is 8.42 Å². The van der Waals surface area contributed by atoms with Gasteiger partial charge in [-0.1, -0.05) is 13.8 Å². The van der Waals surface area contributed by atoms with E-state index in [1.807, 2.05) is 0 Å². The number of rotatable bonds is 4. The first-order valence-electron chi connectivity index (χ1n) is 6.84. The first kappa shape index (κ1) is 15.2. The molecule has 0 aromatic carbocycles. The van der Waals surface area contributed by atoms with Crippen LogP contribution in [0.5, 0.6) is 0 Å². The third kappa shape index (κ3) is 3.28. The molecule has 0 unspecified atom stereocenters. The Morgan fingerprint density at radius 3 is 2.50 bits per heavy atom. The van der Waals surface area contributed by atoms with Gasteiger partial charge in [-0.3, -0.25) is 0 Å². The Morgan fingerprint density at radius 1 is 1.30 bits per heavy atom. The van der Waals surface area contributed by atoms with Gasteiger partial charge in [0.05, 0.1) is 0 Å². The van der Waals surface area contributed by atoms with Crippen molar-refractivity contribution in [1.82, 2.24) is 14.2 Å². The van der Waals surface area contributed by atoms with Crippen LogP contribution in [0.4, 0.5) is 5.82 Å². The van der Waals surface area contributed by atoms with Crippen LogP contribution in [0.25, 0.3) is 0 Å². The Labute approximate surface area is 120 Å². The van der Waals surface area contributed by atoms with Gasteiger partial charge in [-0.05, 0) is 18.1 Å². The molecule has 2 rings (SSSR count). The Bertz CT molecular complexity index is 551. The number of nitrogen functional groups attached to an aromatic ring is 1. The summed E-state index contributed by atoms with van der Waals surface area (Å²) >= 11 is 0. The summed E-state index contributed by atoms with van der Waals surface area (Å²) in [6, 6.07) is 3.11. The summed E-state index contributed by atoms with van der Waals surface area (Å²) in [5.41, 5.74) is 5.68. The number of hydrogen-bond donors (Lipinski definition) is 1. The lowest BCUT2D eigenvalue weighted by atomic mass is 10.2. The van der Waals surface area contributed by atoms with Gasteiger partial charge in [-0.25, -0.2) is 13.4 Å². The summed E-state index contributed by atoms with van der Waals surface area (Å²) < 4.78 is 26.5. The molecule has 0 spiro atoms. The van der Waals surface area contributed by atoms with Gasteiger partial charge in [0.2, 0.25) is 10.0 Å². The molecular formula is C13H22N4O2S. The highest BCUT2D eigenvalue weighted by molar-refractivity contribution is 7.89. The Morgan fingerprint density at radius 2 is 1.95 bits per heavy atom. The molecule has 112 valence electrons. The summed E-state index contributed by atoms with van der Waals surface area (Å²) in [4.78, 5) is 6.26. The van der Waals surface area contributed by atoms with Crippen LogP contribution >= 0.6 is 0 Å². The number of nitrogens with zero attached hydrogens (tertiary/aromatic N) is 3. The molecule has 0 saturated carbocycles. The second kappa shape index (κ2) is 6.07. The number of nitrogens with two attached hydrogens (primary N) is 1. The molecule has 1 fully saturated rings. The van der Waals surface area contributed by atoms with Crippen LogP contribution in [0, 0.1) is 5.92 Å². The highest BCUT2D eigenvalue weighted by Crippen LogP contribution is 2.21. The molecule has 0 amide bonds. The van der Waals surface area contributed by atoms with Crippen LogP contribution in [-0.4, -0.2) is 55.3 Å². The number of pyridine rings is 1. The summed E-state index contributed by atoms with van der Waals surface area (Å²) in [5.74, 6) is 0.657. The minimum absolute atomic E-state index is 0.0668. The van der Waals surface area contributed by atoms with E-state index >= 15 is 0 Å². The van der Waals surface area contributed by atoms with Crippen molar-refractivity contribution in [2.75, 3.05) is 38.5 Å². The fraction of sp³-hybridized carbons (Fsp3) is 0.615. The monoisotopic (exact) mass is 298 g/mol. The van der Waals surface area contributed by atoms with E-state index in [1.54, 1.807) is 6.07 Å². The van der Waals surface area contributed by atoms with Crippen LogP contribution in [0.2, 0.25) is 0 Å². The molecule has 6 nitrogen and oxygen atoms in total. The van der Waals surface area contributed by atoms with E-state index in [1.165, 1.54) is 16.6 Å². The molecule has 1 aromatic heterocycles. The minimum atomic E-state index is -3.53. The molecule has 7 heteroatoms. The summed E-state index contributed by atoms with van der Waals surface area (Å²) in [5, 5.41) is 0. The molecule has 1 aliphatic rings. The maximum absolute atomic E-state index is 12.5. The second-order valence-electron chi connectivity index (χ2n) is 5.49. The van der Waals surface area contributed by atoms with Crippen molar-refractivity contribution in [3.63, 3.8) is 0 Å². The molecule has 20 heavy (non-hydrogen) atoms. The van der Waals surface area contributed by atoms with Gasteiger partial charge >= 0.3 is 0 Å². The molecule has 0 bridgehead atoms. The zero-order valence-electron chi connectivity index (χ0n) is 12.0. The first-order valence-corrected chi connectivity index (χ1v) is 8.28. The molecule has 2 heterocycles. The number of aromatic nitrogens is 1. The smallest absolute Gasteiger partial charge is 0.246 e. The van der Waals surface area contributed by atoms with Gasteiger partial charge in [0.1, 0.15) is 10.7 Å². The van der Waals surface area contributed by atoms with Crippen molar-refractivity contribution < 1.29 is 8.42 Å². The lowest BCUT2D eigenvalue weighted by Crippen LogP contribution is -2.49. The number of hydrogen-bond acceptors (Lipinski definition) is 5. The number of sulfonamides is 1. The van der Waals surface area contributed by atoms with E-state index in [0.717, 1.165) is 19.6 Å². The summed E-state index contributed by atoms with van der Waals surface area (Å²) in [6.45, 7) is 7.86. The molecule has 1 saturated heterocycles. The first-order chi connectivity index (χ1) is 9.41. The average molecular weight is 298 g/mol. The highest BCUT2D eigenvalue weighted by Gasteiger charge is 2.30. The number of piperazine rings is 1. The Balaban J connectivity index is 2.08. The SMILES string of the molecule is CC(C)CN1CCN(S(=O)(=O)c2cccnc2N)CC1. The van der Waals surface area contributed by atoms with Gasteiger partial charge in [0, 0.05) is 38.9 Å². The molecule has 0 atom stereocenters. The van der Waals surface area contributed by atoms with Crippen LogP contribution < -0.4 is 5.73 Å². The number of anilines is 1. The maximum atomic E-state index is 12.5. The van der Waals surface area contributed by atoms with Crippen LogP contribution in [0.3, 0.4) is 0 Å². The Kier molecular flexibility index (Phi) is 4.62.